The smallest absolute Gasteiger partial charge is 0.356 e. The average molecular weight is 248 g/mol. The maximum atomic E-state index is 10.6. The minimum absolute atomic E-state index is 0.0499. The zero-order valence-electron chi connectivity index (χ0n) is 11.3. The van der Waals surface area contributed by atoms with Crippen LogP contribution in [0, 0.1) is 0 Å². The number of aromatic nitrogens is 2. The molecule has 0 atom stereocenters. The van der Waals surface area contributed by atoms with Crippen molar-refractivity contribution >= 4 is 5.97 Å². The second-order valence-electron chi connectivity index (χ2n) is 2.79. The molecule has 0 saturated heterocycles. The van der Waals surface area contributed by atoms with Gasteiger partial charge in [-0.3, -0.25) is 0 Å². The third kappa shape index (κ3) is 4.41. The van der Waals surface area contributed by atoms with E-state index in [2.05, 4.69) is 5.10 Å². The van der Waals surface area contributed by atoms with Gasteiger partial charge < -0.3 is 5.11 Å². The Morgan fingerprint density at radius 1 is 1.06 bits per heavy atom. The second-order valence-corrected chi connectivity index (χ2v) is 2.79. The van der Waals surface area contributed by atoms with Crippen LogP contribution in [0.4, 0.5) is 0 Å². The van der Waals surface area contributed by atoms with Gasteiger partial charge in [0.1, 0.15) is 0 Å². The van der Waals surface area contributed by atoms with Crippen LogP contribution >= 0.6 is 0 Å². The molecule has 2 aromatic rings. The number of carbonyl (C=O) groups is 1. The third-order valence-electron chi connectivity index (χ3n) is 1.83. The van der Waals surface area contributed by atoms with Gasteiger partial charge in [-0.2, -0.15) is 5.10 Å². The van der Waals surface area contributed by atoms with Crippen LogP contribution in [-0.2, 0) is 0 Å². The van der Waals surface area contributed by atoms with Crippen LogP contribution in [0.25, 0.3) is 5.69 Å². The van der Waals surface area contributed by atoms with Crippen molar-refractivity contribution in [1.29, 1.82) is 0 Å². The maximum Gasteiger partial charge on any atom is 0.356 e. The Balaban J connectivity index is 0.000000659. The summed E-state index contributed by atoms with van der Waals surface area (Å²) in [5.41, 5.74) is 0.897. The Labute approximate surface area is 108 Å². The summed E-state index contributed by atoms with van der Waals surface area (Å²) in [5, 5.41) is 12.6. The van der Waals surface area contributed by atoms with Crippen molar-refractivity contribution in [3.05, 3.63) is 48.3 Å². The van der Waals surface area contributed by atoms with E-state index < -0.39 is 5.97 Å². The molecule has 0 aliphatic heterocycles. The maximum absolute atomic E-state index is 10.6. The van der Waals surface area contributed by atoms with E-state index in [0.29, 0.717) is 0 Å². The Hall–Kier alpha value is -2.10. The summed E-state index contributed by atoms with van der Waals surface area (Å²) >= 11 is 0. The highest BCUT2D eigenvalue weighted by atomic mass is 16.4. The Morgan fingerprint density at radius 2 is 1.61 bits per heavy atom. The summed E-state index contributed by atoms with van der Waals surface area (Å²) < 4.78 is 1.53. The van der Waals surface area contributed by atoms with Gasteiger partial charge in [0.2, 0.25) is 0 Å². The van der Waals surface area contributed by atoms with Crippen molar-refractivity contribution in [3.8, 4) is 5.69 Å². The topological polar surface area (TPSA) is 55.1 Å². The molecule has 4 nitrogen and oxygen atoms in total. The third-order valence-corrected chi connectivity index (χ3v) is 1.83. The van der Waals surface area contributed by atoms with Gasteiger partial charge in [0.25, 0.3) is 0 Å². The predicted octanol–water partition coefficient (Wildman–Crippen LogP) is 3.62. The van der Waals surface area contributed by atoms with Gasteiger partial charge in [0.15, 0.2) is 5.69 Å². The molecule has 0 fully saturated rings. The van der Waals surface area contributed by atoms with Gasteiger partial charge in [0.05, 0.1) is 5.69 Å². The summed E-state index contributed by atoms with van der Waals surface area (Å²) in [4.78, 5) is 10.6. The molecule has 1 heterocycles. The van der Waals surface area contributed by atoms with Crippen LogP contribution in [0.2, 0.25) is 0 Å². The van der Waals surface area contributed by atoms with E-state index in [9.17, 15) is 4.79 Å². The Morgan fingerprint density at radius 3 is 2.06 bits per heavy atom. The molecule has 0 aliphatic carbocycles. The average Bonchev–Trinajstić information content (AvgIpc) is 2.94. The number of benzene rings is 1. The molecule has 1 aromatic carbocycles. The molecule has 0 amide bonds. The Bertz CT molecular complexity index is 450. The van der Waals surface area contributed by atoms with E-state index in [-0.39, 0.29) is 5.69 Å². The van der Waals surface area contributed by atoms with Gasteiger partial charge in [-0.05, 0) is 18.2 Å². The zero-order valence-corrected chi connectivity index (χ0v) is 11.3. The number of carboxylic acids is 1. The molecule has 1 aromatic heterocycles. The van der Waals surface area contributed by atoms with Crippen molar-refractivity contribution in [2.24, 2.45) is 0 Å². The van der Waals surface area contributed by atoms with E-state index in [4.69, 9.17) is 5.11 Å². The van der Waals surface area contributed by atoms with Gasteiger partial charge in [-0.15, -0.1) is 0 Å². The van der Waals surface area contributed by atoms with E-state index in [1.165, 1.54) is 10.7 Å². The molecular weight excluding hydrogens is 228 g/mol. The highest BCUT2D eigenvalue weighted by Gasteiger charge is 2.06. The van der Waals surface area contributed by atoms with Crippen LogP contribution in [0.15, 0.2) is 42.6 Å². The van der Waals surface area contributed by atoms with Crippen LogP contribution in [0.5, 0.6) is 0 Å². The largest absolute Gasteiger partial charge is 0.476 e. The highest BCUT2D eigenvalue weighted by Crippen LogP contribution is 2.06. The van der Waals surface area contributed by atoms with Crippen molar-refractivity contribution < 1.29 is 9.90 Å². The summed E-state index contributed by atoms with van der Waals surface area (Å²) in [6.07, 6.45) is 1.62. The number of carboxylic acid groups (broad SMARTS) is 1. The quantitative estimate of drug-likeness (QED) is 0.883. The minimum atomic E-state index is -1.01. The SMILES string of the molecule is CC.CC.O=C(O)c1ccn(-c2ccccc2)n1. The lowest BCUT2D eigenvalue weighted by atomic mass is 10.3. The van der Waals surface area contributed by atoms with Crippen LogP contribution < -0.4 is 0 Å². The summed E-state index contributed by atoms with van der Waals surface area (Å²) in [6, 6.07) is 10.8. The van der Waals surface area contributed by atoms with Crippen LogP contribution in [-0.4, -0.2) is 20.9 Å². The molecule has 0 aliphatic rings. The summed E-state index contributed by atoms with van der Waals surface area (Å²) in [6.45, 7) is 8.00. The molecule has 0 saturated carbocycles. The fraction of sp³-hybridized carbons (Fsp3) is 0.286. The van der Waals surface area contributed by atoms with E-state index in [1.54, 1.807) is 6.20 Å². The van der Waals surface area contributed by atoms with Gasteiger partial charge in [0, 0.05) is 6.20 Å². The van der Waals surface area contributed by atoms with Crippen molar-refractivity contribution in [1.82, 2.24) is 9.78 Å². The zero-order chi connectivity index (χ0) is 14.0. The summed E-state index contributed by atoms with van der Waals surface area (Å²) in [7, 11) is 0. The molecular formula is C14H20N2O2. The lowest BCUT2D eigenvalue weighted by molar-refractivity contribution is 0.0690. The molecule has 18 heavy (non-hydrogen) atoms. The molecule has 0 unspecified atom stereocenters. The van der Waals surface area contributed by atoms with Gasteiger partial charge in [-0.25, -0.2) is 9.48 Å². The minimum Gasteiger partial charge on any atom is -0.476 e. The number of hydrogen-bond acceptors (Lipinski definition) is 2. The molecule has 2 rings (SSSR count). The standard InChI is InChI=1S/C10H8N2O2.2C2H6/c13-10(14)9-6-7-12(11-9)8-4-2-1-3-5-8;2*1-2/h1-7H,(H,13,14);2*1-2H3. The van der Waals surface area contributed by atoms with Crippen molar-refractivity contribution in [2.45, 2.75) is 27.7 Å². The van der Waals surface area contributed by atoms with Crippen molar-refractivity contribution in [3.63, 3.8) is 0 Å². The second kappa shape index (κ2) is 8.98. The first-order valence-electron chi connectivity index (χ1n) is 6.12. The van der Waals surface area contributed by atoms with Crippen molar-refractivity contribution in [2.75, 3.05) is 0 Å². The molecule has 98 valence electrons. The Kier molecular flexibility index (Phi) is 7.94. The highest BCUT2D eigenvalue weighted by molar-refractivity contribution is 5.85. The van der Waals surface area contributed by atoms with Gasteiger partial charge >= 0.3 is 5.97 Å². The van der Waals surface area contributed by atoms with Crippen LogP contribution in [0.1, 0.15) is 38.2 Å². The lowest BCUT2D eigenvalue weighted by Gasteiger charge is -1.98. The lowest BCUT2D eigenvalue weighted by Crippen LogP contribution is -2.00. The number of rotatable bonds is 2. The molecule has 0 spiro atoms. The van der Waals surface area contributed by atoms with Crippen LogP contribution in [0.3, 0.4) is 0 Å². The molecule has 0 bridgehead atoms. The first-order valence-corrected chi connectivity index (χ1v) is 6.12. The van der Waals surface area contributed by atoms with Gasteiger partial charge in [-0.1, -0.05) is 45.9 Å². The normalized spacial score (nSPS) is 8.44. The number of nitrogens with zero attached hydrogens (tertiary/aromatic N) is 2. The number of hydrogen-bond donors (Lipinski definition) is 1. The fourth-order valence-corrected chi connectivity index (χ4v) is 1.16. The first kappa shape index (κ1) is 15.9. The number of aromatic carboxylic acids is 1. The van der Waals surface area contributed by atoms with E-state index in [1.807, 2.05) is 58.0 Å². The van der Waals surface area contributed by atoms with E-state index in [0.717, 1.165) is 5.69 Å². The fourth-order valence-electron chi connectivity index (χ4n) is 1.16. The monoisotopic (exact) mass is 248 g/mol. The molecule has 1 N–H and O–H groups in total. The summed E-state index contributed by atoms with van der Waals surface area (Å²) in [5.74, 6) is -1.01. The number of para-hydroxylation sites is 1. The molecule has 4 heteroatoms. The van der Waals surface area contributed by atoms with E-state index >= 15 is 0 Å². The first-order chi connectivity index (χ1) is 8.77. The molecule has 0 radical (unpaired) electrons. The predicted molar refractivity (Wildman–Crippen MR) is 73.2 cm³/mol.